The van der Waals surface area contributed by atoms with Crippen molar-refractivity contribution < 1.29 is 4.74 Å². The van der Waals surface area contributed by atoms with Crippen molar-refractivity contribution in [2.45, 2.75) is 26.3 Å². The molecule has 0 amide bonds. The Morgan fingerprint density at radius 3 is 2.56 bits per heavy atom. The predicted molar refractivity (Wildman–Crippen MR) is 36.9 cm³/mol. The van der Waals surface area contributed by atoms with E-state index in [1.54, 1.807) is 0 Å². The first-order chi connectivity index (χ1) is 4.22. The molecule has 2 nitrogen and oxygen atoms in total. The van der Waals surface area contributed by atoms with Crippen LogP contribution in [0.5, 0.6) is 0 Å². The molecule has 0 radical (unpaired) electrons. The molecule has 1 saturated heterocycles. The zero-order valence-electron chi connectivity index (χ0n) is 5.98. The van der Waals surface area contributed by atoms with Crippen molar-refractivity contribution in [2.75, 3.05) is 6.61 Å². The fraction of sp³-hybridized carbons (Fsp3) is 0.714. The smallest absolute Gasteiger partial charge is 0.111 e. The van der Waals surface area contributed by atoms with E-state index < -0.39 is 0 Å². The summed E-state index contributed by atoms with van der Waals surface area (Å²) in [7, 11) is 0. The highest BCUT2D eigenvalue weighted by Gasteiger charge is 2.18. The van der Waals surface area contributed by atoms with Crippen LogP contribution in [-0.4, -0.2) is 12.6 Å². The van der Waals surface area contributed by atoms with E-state index in [2.05, 4.69) is 0 Å². The summed E-state index contributed by atoms with van der Waals surface area (Å²) in [5.41, 5.74) is 6.91. The molecule has 0 aromatic heterocycles. The quantitative estimate of drug-likeness (QED) is 0.527. The third-order valence-electron chi connectivity index (χ3n) is 1.52. The van der Waals surface area contributed by atoms with Crippen LogP contribution in [0, 0.1) is 0 Å². The number of ether oxygens (including phenoxy) is 1. The van der Waals surface area contributed by atoms with E-state index in [4.69, 9.17) is 10.5 Å². The van der Waals surface area contributed by atoms with Crippen LogP contribution in [0.25, 0.3) is 0 Å². The fourth-order valence-corrected chi connectivity index (χ4v) is 1.05. The Labute approximate surface area is 55.7 Å². The normalized spacial score (nSPS) is 26.1. The van der Waals surface area contributed by atoms with E-state index in [9.17, 15) is 0 Å². The topological polar surface area (TPSA) is 35.2 Å². The second-order valence-electron chi connectivity index (χ2n) is 2.61. The van der Waals surface area contributed by atoms with Crippen LogP contribution in [0.15, 0.2) is 11.3 Å². The van der Waals surface area contributed by atoms with E-state index in [1.807, 2.05) is 13.8 Å². The summed E-state index contributed by atoms with van der Waals surface area (Å²) >= 11 is 0. The second-order valence-corrected chi connectivity index (χ2v) is 2.61. The molecule has 0 aromatic carbocycles. The van der Waals surface area contributed by atoms with E-state index in [0.717, 1.165) is 18.8 Å². The van der Waals surface area contributed by atoms with Gasteiger partial charge in [0.05, 0.1) is 12.6 Å². The monoisotopic (exact) mass is 127 g/mol. The first-order valence-electron chi connectivity index (χ1n) is 3.27. The Morgan fingerprint density at radius 1 is 1.67 bits per heavy atom. The van der Waals surface area contributed by atoms with Gasteiger partial charge in [-0.05, 0) is 19.4 Å². The Balaban J connectivity index is 2.70. The largest absolute Gasteiger partial charge is 0.496 e. The summed E-state index contributed by atoms with van der Waals surface area (Å²) in [5, 5.41) is 0. The van der Waals surface area contributed by atoms with Crippen molar-refractivity contribution in [2.24, 2.45) is 5.73 Å². The summed E-state index contributed by atoms with van der Waals surface area (Å²) < 4.78 is 5.28. The summed E-state index contributed by atoms with van der Waals surface area (Å²) in [6.07, 6.45) is 0.973. The van der Waals surface area contributed by atoms with Gasteiger partial charge in [0, 0.05) is 6.42 Å². The molecule has 1 unspecified atom stereocenters. The summed E-state index contributed by atoms with van der Waals surface area (Å²) in [6, 6.07) is 0.162. The molecule has 0 spiro atoms. The van der Waals surface area contributed by atoms with Gasteiger partial charge in [-0.25, -0.2) is 0 Å². The van der Waals surface area contributed by atoms with Crippen LogP contribution in [0.3, 0.4) is 0 Å². The molecule has 0 bridgehead atoms. The number of hydrogen-bond donors (Lipinski definition) is 1. The zero-order chi connectivity index (χ0) is 6.85. The molecule has 0 saturated carbocycles. The number of allylic oxidation sites excluding steroid dienone is 1. The van der Waals surface area contributed by atoms with Crippen molar-refractivity contribution >= 4 is 0 Å². The minimum absolute atomic E-state index is 0.162. The van der Waals surface area contributed by atoms with Crippen molar-refractivity contribution in [1.82, 2.24) is 0 Å². The Morgan fingerprint density at radius 2 is 2.33 bits per heavy atom. The van der Waals surface area contributed by atoms with Crippen molar-refractivity contribution in [3.63, 3.8) is 0 Å². The van der Waals surface area contributed by atoms with E-state index >= 15 is 0 Å². The number of hydrogen-bond acceptors (Lipinski definition) is 2. The van der Waals surface area contributed by atoms with Gasteiger partial charge in [0.2, 0.25) is 0 Å². The van der Waals surface area contributed by atoms with Crippen molar-refractivity contribution in [3.05, 3.63) is 11.3 Å². The number of rotatable bonds is 0. The highest BCUT2D eigenvalue weighted by molar-refractivity contribution is 5.12. The Bertz CT molecular complexity index is 136. The van der Waals surface area contributed by atoms with E-state index in [0.29, 0.717) is 0 Å². The van der Waals surface area contributed by atoms with Gasteiger partial charge in [-0.15, -0.1) is 0 Å². The molecular formula is C7H13NO. The average molecular weight is 127 g/mol. The molecule has 52 valence electrons. The van der Waals surface area contributed by atoms with Gasteiger partial charge in [-0.3, -0.25) is 0 Å². The Hall–Kier alpha value is -0.500. The summed E-state index contributed by atoms with van der Waals surface area (Å²) in [5.74, 6) is 0.995. The molecule has 1 rings (SSSR count). The second kappa shape index (κ2) is 2.40. The van der Waals surface area contributed by atoms with Crippen LogP contribution < -0.4 is 5.73 Å². The van der Waals surface area contributed by atoms with E-state index in [-0.39, 0.29) is 6.04 Å². The van der Waals surface area contributed by atoms with Gasteiger partial charge in [-0.1, -0.05) is 0 Å². The average Bonchev–Trinajstić information content (AvgIpc) is 2.13. The van der Waals surface area contributed by atoms with Crippen LogP contribution in [0.1, 0.15) is 20.3 Å². The lowest BCUT2D eigenvalue weighted by Crippen LogP contribution is -2.17. The van der Waals surface area contributed by atoms with Gasteiger partial charge in [0.1, 0.15) is 5.76 Å². The molecule has 1 heterocycles. The summed E-state index contributed by atoms with van der Waals surface area (Å²) in [4.78, 5) is 0. The first kappa shape index (κ1) is 6.62. The molecule has 1 fully saturated rings. The number of nitrogens with two attached hydrogens (primary N) is 1. The zero-order valence-corrected chi connectivity index (χ0v) is 5.98. The molecule has 0 aromatic rings. The van der Waals surface area contributed by atoms with Crippen LogP contribution in [0.2, 0.25) is 0 Å². The highest BCUT2D eigenvalue weighted by Crippen LogP contribution is 2.18. The van der Waals surface area contributed by atoms with Crippen LogP contribution in [-0.2, 0) is 4.74 Å². The SMILES string of the molecule is CC(C)=C1OCCC1N. The molecule has 1 aliphatic rings. The molecule has 0 aliphatic carbocycles. The van der Waals surface area contributed by atoms with Crippen molar-refractivity contribution in [1.29, 1.82) is 0 Å². The van der Waals surface area contributed by atoms with Gasteiger partial charge < -0.3 is 10.5 Å². The van der Waals surface area contributed by atoms with E-state index in [1.165, 1.54) is 5.57 Å². The fourth-order valence-electron chi connectivity index (χ4n) is 1.05. The van der Waals surface area contributed by atoms with Crippen LogP contribution in [0.4, 0.5) is 0 Å². The Kier molecular flexibility index (Phi) is 1.76. The molecule has 1 aliphatic heterocycles. The van der Waals surface area contributed by atoms with Gasteiger partial charge >= 0.3 is 0 Å². The molecule has 2 N–H and O–H groups in total. The third kappa shape index (κ3) is 1.24. The lowest BCUT2D eigenvalue weighted by atomic mass is 10.1. The van der Waals surface area contributed by atoms with Crippen molar-refractivity contribution in [3.8, 4) is 0 Å². The maximum Gasteiger partial charge on any atom is 0.111 e. The molecule has 2 heteroatoms. The molecule has 1 atom stereocenters. The lowest BCUT2D eigenvalue weighted by molar-refractivity contribution is 0.258. The van der Waals surface area contributed by atoms with Gasteiger partial charge in [0.25, 0.3) is 0 Å². The molecule has 9 heavy (non-hydrogen) atoms. The van der Waals surface area contributed by atoms with Crippen LogP contribution >= 0.6 is 0 Å². The maximum absolute atomic E-state index is 5.70. The third-order valence-corrected chi connectivity index (χ3v) is 1.52. The highest BCUT2D eigenvalue weighted by atomic mass is 16.5. The minimum atomic E-state index is 0.162. The first-order valence-corrected chi connectivity index (χ1v) is 3.27. The molecular weight excluding hydrogens is 114 g/mol. The lowest BCUT2D eigenvalue weighted by Gasteiger charge is -2.04. The summed E-state index contributed by atoms with van der Waals surface area (Å²) in [6.45, 7) is 4.85. The maximum atomic E-state index is 5.70. The van der Waals surface area contributed by atoms with Gasteiger partial charge in [-0.2, -0.15) is 0 Å². The van der Waals surface area contributed by atoms with Gasteiger partial charge in [0.15, 0.2) is 0 Å². The predicted octanol–water partition coefficient (Wildman–Crippen LogP) is 1.03. The minimum Gasteiger partial charge on any atom is -0.496 e. The standard InChI is InChI=1S/C7H13NO/c1-5(2)7-6(8)3-4-9-7/h6H,3-4,8H2,1-2H3.